The number of hydrogen-bond acceptors (Lipinski definition) is 4. The topological polar surface area (TPSA) is 59.8 Å². The van der Waals surface area contributed by atoms with Gasteiger partial charge in [-0.1, -0.05) is 87.9 Å². The summed E-state index contributed by atoms with van der Waals surface area (Å²) in [5, 5.41) is 15.2. The number of anilines is 1. The van der Waals surface area contributed by atoms with E-state index in [-0.39, 0.29) is 11.7 Å². The van der Waals surface area contributed by atoms with Gasteiger partial charge < -0.3 is 5.32 Å². The highest BCUT2D eigenvalue weighted by Gasteiger charge is 2.18. The third-order valence-electron chi connectivity index (χ3n) is 6.30. The number of nitrogens with one attached hydrogen (secondary N) is 1. The van der Waals surface area contributed by atoms with Gasteiger partial charge in [-0.25, -0.2) is 0 Å². The van der Waals surface area contributed by atoms with E-state index in [4.69, 9.17) is 0 Å². The minimum Gasteiger partial charge on any atom is -0.325 e. The van der Waals surface area contributed by atoms with E-state index in [0.29, 0.717) is 11.6 Å². The highest BCUT2D eigenvalue weighted by molar-refractivity contribution is 9.10. The molecule has 7 heteroatoms. The largest absolute Gasteiger partial charge is 0.325 e. The molecule has 5 rings (SSSR count). The zero-order chi connectivity index (χ0) is 25.9. The van der Waals surface area contributed by atoms with Gasteiger partial charge in [-0.2, -0.15) is 0 Å². The summed E-state index contributed by atoms with van der Waals surface area (Å²) in [5.74, 6) is 0.985. The molecule has 1 heterocycles. The first-order chi connectivity index (χ1) is 17.9. The summed E-state index contributed by atoms with van der Waals surface area (Å²) in [5.41, 5.74) is 6.39. The average molecular weight is 572 g/mol. The van der Waals surface area contributed by atoms with Crippen molar-refractivity contribution in [2.75, 3.05) is 11.1 Å². The summed E-state index contributed by atoms with van der Waals surface area (Å²) in [4.78, 5) is 12.8. The Balaban J connectivity index is 1.45. The molecule has 5 aromatic rings. The molecule has 37 heavy (non-hydrogen) atoms. The minimum atomic E-state index is -0.0856. The Bertz CT molecular complexity index is 1610. The predicted molar refractivity (Wildman–Crippen MR) is 156 cm³/mol. The summed E-state index contributed by atoms with van der Waals surface area (Å²) < 4.78 is 3.11. The van der Waals surface area contributed by atoms with Gasteiger partial charge in [0.25, 0.3) is 0 Å². The summed E-state index contributed by atoms with van der Waals surface area (Å²) in [6.45, 7) is 6.18. The van der Waals surface area contributed by atoms with Crippen molar-refractivity contribution in [2.45, 2.75) is 32.3 Å². The van der Waals surface area contributed by atoms with E-state index >= 15 is 0 Å². The lowest BCUT2D eigenvalue weighted by atomic mass is 10.0. The van der Waals surface area contributed by atoms with Gasteiger partial charge in [0.1, 0.15) is 5.82 Å². The molecule has 0 saturated heterocycles. The number of benzene rings is 4. The first-order valence-corrected chi connectivity index (χ1v) is 13.8. The third kappa shape index (κ3) is 5.63. The number of thioether (sulfide) groups is 1. The number of halogens is 1. The van der Waals surface area contributed by atoms with E-state index < -0.39 is 0 Å². The summed E-state index contributed by atoms with van der Waals surface area (Å²) in [7, 11) is 0. The fourth-order valence-electron chi connectivity index (χ4n) is 4.47. The van der Waals surface area contributed by atoms with Crippen LogP contribution in [0.1, 0.15) is 28.1 Å². The number of carbonyl (C=O) groups excluding carboxylic acids is 1. The number of aryl methyl sites for hydroxylation is 3. The average Bonchev–Trinajstić information content (AvgIpc) is 3.27. The van der Waals surface area contributed by atoms with Gasteiger partial charge >= 0.3 is 0 Å². The molecule has 0 bridgehead atoms. The van der Waals surface area contributed by atoms with Crippen molar-refractivity contribution in [3.05, 3.63) is 111 Å². The Morgan fingerprint density at radius 2 is 1.73 bits per heavy atom. The molecular formula is C30H27BrN4OS. The number of hydrogen-bond donors (Lipinski definition) is 1. The van der Waals surface area contributed by atoms with Crippen molar-refractivity contribution in [3.8, 4) is 5.69 Å². The molecule has 1 N–H and O–H groups in total. The monoisotopic (exact) mass is 570 g/mol. The van der Waals surface area contributed by atoms with E-state index in [9.17, 15) is 4.79 Å². The van der Waals surface area contributed by atoms with Gasteiger partial charge in [-0.05, 0) is 72.5 Å². The number of carbonyl (C=O) groups is 1. The van der Waals surface area contributed by atoms with Crippen molar-refractivity contribution in [3.63, 3.8) is 0 Å². The van der Waals surface area contributed by atoms with Crippen molar-refractivity contribution in [2.24, 2.45) is 0 Å². The van der Waals surface area contributed by atoms with E-state index in [1.165, 1.54) is 33.7 Å². The van der Waals surface area contributed by atoms with Gasteiger partial charge in [-0.3, -0.25) is 9.36 Å². The Hall–Kier alpha value is -3.42. The zero-order valence-electron chi connectivity index (χ0n) is 21.0. The van der Waals surface area contributed by atoms with Gasteiger partial charge in [0.15, 0.2) is 5.16 Å². The van der Waals surface area contributed by atoms with Crippen LogP contribution in [0.5, 0.6) is 0 Å². The van der Waals surface area contributed by atoms with E-state index in [0.717, 1.165) is 32.8 Å². The fraction of sp³-hybridized carbons (Fsp3) is 0.167. The minimum absolute atomic E-state index is 0.0856. The number of aromatic nitrogens is 3. The lowest BCUT2D eigenvalue weighted by molar-refractivity contribution is -0.113. The van der Waals surface area contributed by atoms with Crippen LogP contribution < -0.4 is 5.32 Å². The maximum Gasteiger partial charge on any atom is 0.234 e. The molecule has 0 atom stereocenters. The van der Waals surface area contributed by atoms with Crippen molar-refractivity contribution < 1.29 is 4.79 Å². The van der Waals surface area contributed by atoms with Crippen molar-refractivity contribution in [1.82, 2.24) is 14.8 Å². The number of fused-ring (bicyclic) bond motifs is 1. The first-order valence-electron chi connectivity index (χ1n) is 12.1. The smallest absolute Gasteiger partial charge is 0.234 e. The zero-order valence-corrected chi connectivity index (χ0v) is 23.4. The van der Waals surface area contributed by atoms with Crippen LogP contribution in [0, 0.1) is 20.8 Å². The third-order valence-corrected chi connectivity index (χ3v) is 8.11. The van der Waals surface area contributed by atoms with Crippen molar-refractivity contribution >= 4 is 50.1 Å². The summed E-state index contributed by atoms with van der Waals surface area (Å²) in [6, 6.07) is 26.9. The molecule has 0 aliphatic carbocycles. The maximum absolute atomic E-state index is 12.8. The standard InChI is InChI=1S/C30H27BrN4OS/c1-19-11-14-27(21(3)15-19)35-28(17-23-9-6-8-22-7-4-5-10-25(22)23)33-34-30(35)37-18-29(36)32-24-12-13-26(31)20(2)16-24/h4-16H,17-18H2,1-3H3,(H,32,36). The van der Waals surface area contributed by atoms with Gasteiger partial charge in [0.05, 0.1) is 11.4 Å². The van der Waals surface area contributed by atoms with Gasteiger partial charge in [-0.15, -0.1) is 10.2 Å². The van der Waals surface area contributed by atoms with E-state index in [2.05, 4.69) is 111 Å². The second kappa shape index (κ2) is 10.9. The molecule has 0 aliphatic heterocycles. The molecule has 0 fully saturated rings. The molecule has 0 saturated carbocycles. The van der Waals surface area contributed by atoms with Crippen LogP contribution in [-0.4, -0.2) is 26.4 Å². The molecule has 5 nitrogen and oxygen atoms in total. The molecule has 1 amide bonds. The predicted octanol–water partition coefficient (Wildman–Crippen LogP) is 7.43. The SMILES string of the molecule is Cc1ccc(-n2c(Cc3cccc4ccccc34)nnc2SCC(=O)Nc2ccc(Br)c(C)c2)c(C)c1. The molecule has 0 unspecified atom stereocenters. The Morgan fingerprint density at radius 1 is 0.919 bits per heavy atom. The molecule has 4 aromatic carbocycles. The highest BCUT2D eigenvalue weighted by atomic mass is 79.9. The maximum atomic E-state index is 12.8. The van der Waals surface area contributed by atoms with Crippen LogP contribution in [-0.2, 0) is 11.2 Å². The molecule has 186 valence electrons. The van der Waals surface area contributed by atoms with Crippen LogP contribution in [0.25, 0.3) is 16.5 Å². The van der Waals surface area contributed by atoms with E-state index in [1.54, 1.807) is 0 Å². The second-order valence-corrected chi connectivity index (χ2v) is 10.9. The molecular weight excluding hydrogens is 544 g/mol. The van der Waals surface area contributed by atoms with Gasteiger partial charge in [0, 0.05) is 16.6 Å². The Labute approximate surface area is 229 Å². The van der Waals surface area contributed by atoms with Crippen LogP contribution in [0.4, 0.5) is 5.69 Å². The van der Waals surface area contributed by atoms with Crippen LogP contribution in [0.3, 0.4) is 0 Å². The summed E-state index contributed by atoms with van der Waals surface area (Å²) in [6.07, 6.45) is 0.632. The number of rotatable bonds is 7. The second-order valence-electron chi connectivity index (χ2n) is 9.14. The van der Waals surface area contributed by atoms with Crippen LogP contribution >= 0.6 is 27.7 Å². The van der Waals surface area contributed by atoms with Crippen molar-refractivity contribution in [1.29, 1.82) is 0 Å². The van der Waals surface area contributed by atoms with E-state index in [1.807, 2.05) is 25.1 Å². The molecule has 0 aliphatic rings. The summed E-state index contributed by atoms with van der Waals surface area (Å²) >= 11 is 4.89. The van der Waals surface area contributed by atoms with Crippen LogP contribution in [0.2, 0.25) is 0 Å². The Kier molecular flexibility index (Phi) is 7.44. The highest BCUT2D eigenvalue weighted by Crippen LogP contribution is 2.28. The first kappa shape index (κ1) is 25.2. The lowest BCUT2D eigenvalue weighted by Gasteiger charge is -2.14. The number of nitrogens with zero attached hydrogens (tertiary/aromatic N) is 3. The molecule has 0 radical (unpaired) electrons. The Morgan fingerprint density at radius 3 is 2.54 bits per heavy atom. The quantitative estimate of drug-likeness (QED) is 0.207. The lowest BCUT2D eigenvalue weighted by Crippen LogP contribution is -2.15. The van der Waals surface area contributed by atoms with Crippen LogP contribution in [0.15, 0.2) is 88.5 Å². The molecule has 1 aromatic heterocycles. The number of amides is 1. The molecule has 0 spiro atoms. The van der Waals surface area contributed by atoms with Gasteiger partial charge in [0.2, 0.25) is 5.91 Å². The normalized spacial score (nSPS) is 11.1. The fourth-order valence-corrected chi connectivity index (χ4v) is 5.48.